The van der Waals surface area contributed by atoms with Gasteiger partial charge in [-0.2, -0.15) is 0 Å². The lowest BCUT2D eigenvalue weighted by atomic mass is 10.0. The molecule has 1 unspecified atom stereocenters. The van der Waals surface area contributed by atoms with Crippen LogP contribution < -0.4 is 10.9 Å². The number of primary sulfonamides is 1. The highest BCUT2D eigenvalue weighted by atomic mass is 32.2. The molecule has 0 saturated carbocycles. The predicted octanol–water partition coefficient (Wildman–Crippen LogP) is 0.841. The number of hydrogen-bond acceptors (Lipinski definition) is 5. The van der Waals surface area contributed by atoms with E-state index in [0.29, 0.717) is 24.4 Å². The van der Waals surface area contributed by atoms with Crippen molar-refractivity contribution in [2.24, 2.45) is 16.8 Å². The summed E-state index contributed by atoms with van der Waals surface area (Å²) in [5, 5.41) is 6.52. The molecule has 1 amide bonds. The first kappa shape index (κ1) is 17.1. The smallest absolute Gasteiger partial charge is 0.254 e. The fourth-order valence-corrected chi connectivity index (χ4v) is 3.15. The Labute approximate surface area is 123 Å². The highest BCUT2D eigenvalue weighted by molar-refractivity contribution is 7.91. The zero-order valence-corrected chi connectivity index (χ0v) is 13.5. The minimum Gasteiger partial charge on any atom is -0.342 e. The maximum atomic E-state index is 12.1. The van der Waals surface area contributed by atoms with Crippen molar-refractivity contribution < 1.29 is 13.2 Å². The topological polar surface area (TPSA) is 106 Å². The molecule has 4 N–H and O–H groups in total. The van der Waals surface area contributed by atoms with Gasteiger partial charge >= 0.3 is 0 Å². The van der Waals surface area contributed by atoms with Crippen LogP contribution in [0.25, 0.3) is 0 Å². The van der Waals surface area contributed by atoms with Crippen LogP contribution in [0.4, 0.5) is 0 Å². The summed E-state index contributed by atoms with van der Waals surface area (Å²) < 4.78 is 22.3. The van der Waals surface area contributed by atoms with Crippen molar-refractivity contribution in [3.05, 3.63) is 17.0 Å². The molecule has 0 aromatic carbocycles. The van der Waals surface area contributed by atoms with Gasteiger partial charge in [-0.1, -0.05) is 13.8 Å². The van der Waals surface area contributed by atoms with Crippen LogP contribution in [-0.4, -0.2) is 38.9 Å². The molecule has 0 spiro atoms. The van der Waals surface area contributed by atoms with Crippen LogP contribution in [0.2, 0.25) is 0 Å². The quantitative estimate of drug-likeness (QED) is 0.810. The molecule has 1 heterocycles. The van der Waals surface area contributed by atoms with Gasteiger partial charge in [0.2, 0.25) is 10.0 Å². The van der Waals surface area contributed by atoms with E-state index < -0.39 is 10.0 Å². The van der Waals surface area contributed by atoms with E-state index in [0.717, 1.165) is 11.3 Å². The summed E-state index contributed by atoms with van der Waals surface area (Å²) in [6.07, 6.45) is 0.700. The summed E-state index contributed by atoms with van der Waals surface area (Å²) in [6.45, 7) is 4.59. The molecule has 0 saturated heterocycles. The van der Waals surface area contributed by atoms with Gasteiger partial charge in [-0.3, -0.25) is 4.79 Å². The van der Waals surface area contributed by atoms with E-state index >= 15 is 0 Å². The molecule has 0 aliphatic rings. The van der Waals surface area contributed by atoms with E-state index in [4.69, 9.17) is 10.9 Å². The van der Waals surface area contributed by atoms with E-state index in [9.17, 15) is 13.2 Å². The summed E-state index contributed by atoms with van der Waals surface area (Å²) in [5.74, 6) is 0.126. The number of hydrogen-bond donors (Lipinski definition) is 2. The molecule has 1 atom stereocenters. The third kappa shape index (κ3) is 4.55. The molecule has 0 aliphatic carbocycles. The normalized spacial score (nSPS) is 13.5. The van der Waals surface area contributed by atoms with Crippen LogP contribution in [0.15, 0.2) is 15.7 Å². The van der Waals surface area contributed by atoms with Crippen LogP contribution in [-0.2, 0) is 10.0 Å². The maximum absolute atomic E-state index is 12.1. The molecule has 20 heavy (non-hydrogen) atoms. The first-order valence-corrected chi connectivity index (χ1v) is 8.68. The molecular formula is C12H21N3O3S2. The minimum atomic E-state index is -3.75. The first-order chi connectivity index (χ1) is 9.12. The second-order valence-electron chi connectivity index (χ2n) is 5.12. The van der Waals surface area contributed by atoms with Gasteiger partial charge < -0.3 is 10.6 Å². The second kappa shape index (κ2) is 6.66. The predicted molar refractivity (Wildman–Crippen MR) is 80.1 cm³/mol. The van der Waals surface area contributed by atoms with E-state index in [1.807, 2.05) is 13.8 Å². The molecule has 1 rings (SSSR count). The van der Waals surface area contributed by atoms with Crippen molar-refractivity contribution in [1.29, 1.82) is 0 Å². The van der Waals surface area contributed by atoms with Gasteiger partial charge in [-0.15, -0.1) is 11.3 Å². The third-order valence-electron chi connectivity index (χ3n) is 3.10. The Bertz CT molecular complexity index is 566. The standard InChI is InChI=1S/C12H21N3O3S2/c1-8(2)10(13)4-5-15(3)12(16)9-6-11(19-7-9)20(14,17)18/h6-8,10H,4-5,13H2,1-3H3,(H2,14,17,18). The first-order valence-electron chi connectivity index (χ1n) is 6.25. The van der Waals surface area contributed by atoms with E-state index in [-0.39, 0.29) is 16.2 Å². The minimum absolute atomic E-state index is 0.00636. The Balaban J connectivity index is 2.68. The summed E-state index contributed by atoms with van der Waals surface area (Å²) in [5.41, 5.74) is 6.27. The molecule has 0 fully saturated rings. The van der Waals surface area contributed by atoms with Gasteiger partial charge in [0.15, 0.2) is 0 Å². The van der Waals surface area contributed by atoms with E-state index in [1.165, 1.54) is 16.3 Å². The number of nitrogens with two attached hydrogens (primary N) is 2. The molecule has 1 aromatic rings. The van der Waals surface area contributed by atoms with Crippen molar-refractivity contribution in [2.45, 2.75) is 30.5 Å². The van der Waals surface area contributed by atoms with Crippen molar-refractivity contribution in [1.82, 2.24) is 4.90 Å². The Morgan fingerprint density at radius 2 is 2.05 bits per heavy atom. The van der Waals surface area contributed by atoms with Crippen LogP contribution >= 0.6 is 11.3 Å². The van der Waals surface area contributed by atoms with Gasteiger partial charge in [0, 0.05) is 25.0 Å². The fraction of sp³-hybridized carbons (Fsp3) is 0.583. The SMILES string of the molecule is CC(C)C(N)CCN(C)C(=O)c1csc(S(N)(=O)=O)c1. The average molecular weight is 319 g/mol. The van der Waals surface area contributed by atoms with Gasteiger partial charge in [-0.25, -0.2) is 13.6 Å². The summed E-state index contributed by atoms with van der Waals surface area (Å²) >= 11 is 0.946. The molecule has 114 valence electrons. The maximum Gasteiger partial charge on any atom is 0.254 e. The van der Waals surface area contributed by atoms with Crippen molar-refractivity contribution >= 4 is 27.3 Å². The van der Waals surface area contributed by atoms with Crippen LogP contribution in [0.1, 0.15) is 30.6 Å². The number of carbonyl (C=O) groups excluding carboxylic acids is 1. The highest BCUT2D eigenvalue weighted by Crippen LogP contribution is 2.20. The van der Waals surface area contributed by atoms with Gasteiger partial charge in [0.05, 0.1) is 5.56 Å². The number of rotatable bonds is 6. The fourth-order valence-electron chi connectivity index (χ4n) is 1.58. The van der Waals surface area contributed by atoms with Gasteiger partial charge in [-0.05, 0) is 18.4 Å². The lowest BCUT2D eigenvalue weighted by Crippen LogP contribution is -2.34. The van der Waals surface area contributed by atoms with E-state index in [2.05, 4.69) is 0 Å². The zero-order valence-electron chi connectivity index (χ0n) is 11.9. The largest absolute Gasteiger partial charge is 0.342 e. The average Bonchev–Trinajstić information content (AvgIpc) is 2.83. The molecule has 0 bridgehead atoms. The molecule has 8 heteroatoms. The van der Waals surface area contributed by atoms with Gasteiger partial charge in [0.25, 0.3) is 5.91 Å². The monoisotopic (exact) mass is 319 g/mol. The number of nitrogens with zero attached hydrogens (tertiary/aromatic N) is 1. The highest BCUT2D eigenvalue weighted by Gasteiger charge is 2.18. The van der Waals surface area contributed by atoms with Crippen LogP contribution in [0.5, 0.6) is 0 Å². The lowest BCUT2D eigenvalue weighted by Gasteiger charge is -2.21. The van der Waals surface area contributed by atoms with Crippen LogP contribution in [0.3, 0.4) is 0 Å². The van der Waals surface area contributed by atoms with Crippen molar-refractivity contribution in [2.75, 3.05) is 13.6 Å². The van der Waals surface area contributed by atoms with Crippen LogP contribution in [0, 0.1) is 5.92 Å². The summed E-state index contributed by atoms with van der Waals surface area (Å²) in [6, 6.07) is 1.34. The lowest BCUT2D eigenvalue weighted by molar-refractivity contribution is 0.0789. The number of thiophene rings is 1. The molecule has 0 radical (unpaired) electrons. The molecule has 0 aliphatic heterocycles. The Morgan fingerprint density at radius 3 is 2.50 bits per heavy atom. The van der Waals surface area contributed by atoms with E-state index in [1.54, 1.807) is 7.05 Å². The second-order valence-corrected chi connectivity index (χ2v) is 7.82. The number of amides is 1. The molecule has 6 nitrogen and oxygen atoms in total. The number of carbonyl (C=O) groups is 1. The Morgan fingerprint density at radius 1 is 1.45 bits per heavy atom. The molecular weight excluding hydrogens is 298 g/mol. The van der Waals surface area contributed by atoms with Crippen molar-refractivity contribution in [3.63, 3.8) is 0 Å². The van der Waals surface area contributed by atoms with Gasteiger partial charge in [0.1, 0.15) is 4.21 Å². The zero-order chi connectivity index (χ0) is 15.5. The third-order valence-corrected chi connectivity index (χ3v) is 5.49. The summed E-state index contributed by atoms with van der Waals surface area (Å²) in [4.78, 5) is 13.7. The molecule has 1 aromatic heterocycles. The van der Waals surface area contributed by atoms with Crippen molar-refractivity contribution in [3.8, 4) is 0 Å². The Hall–Kier alpha value is -0.960. The Kier molecular flexibility index (Phi) is 5.69. The summed E-state index contributed by atoms with van der Waals surface area (Å²) in [7, 11) is -2.08. The number of sulfonamides is 1.